The zero-order chi connectivity index (χ0) is 30.7. The van der Waals surface area contributed by atoms with Gasteiger partial charge in [-0.1, -0.05) is 78.9 Å². The molecule has 3 heterocycles. The molecule has 14 heteroatoms. The average molecular weight is 636 g/mol. The molecular weight excluding hydrogens is 605 g/mol. The number of aliphatic hydroxyl groups is 1. The SMILES string of the molecule is C[C@H](NP(=O)(OC[C@H]1O[C@@H](n2cnc3c(=S)[nH]cnc32)C[C@H]1O)Oc1cccc2ccccc12)C(=O)OCc1ccccc1. The van der Waals surface area contributed by atoms with E-state index < -0.39 is 38.2 Å². The summed E-state index contributed by atoms with van der Waals surface area (Å²) in [5.74, 6) is -0.351. The van der Waals surface area contributed by atoms with Crippen LogP contribution in [0.15, 0.2) is 85.5 Å². The molecule has 0 amide bonds. The van der Waals surface area contributed by atoms with Crippen molar-refractivity contribution in [2.45, 2.75) is 44.4 Å². The zero-order valence-corrected chi connectivity index (χ0v) is 25.3. The lowest BCUT2D eigenvalue weighted by atomic mass is 10.1. The van der Waals surface area contributed by atoms with Crippen LogP contribution >= 0.6 is 20.0 Å². The molecule has 1 saturated heterocycles. The summed E-state index contributed by atoms with van der Waals surface area (Å²) in [5, 5.41) is 15.1. The number of H-pyrrole nitrogens is 1. The normalized spacial score (nSPS) is 20.4. The fourth-order valence-electron chi connectivity index (χ4n) is 4.92. The van der Waals surface area contributed by atoms with Crippen LogP contribution in [0.5, 0.6) is 5.75 Å². The van der Waals surface area contributed by atoms with Crippen molar-refractivity contribution in [2.24, 2.45) is 0 Å². The molecule has 5 atom stereocenters. The lowest BCUT2D eigenvalue weighted by molar-refractivity contribution is -0.146. The van der Waals surface area contributed by atoms with Crippen LogP contribution in [-0.4, -0.2) is 55.5 Å². The van der Waals surface area contributed by atoms with Crippen LogP contribution in [0.2, 0.25) is 0 Å². The van der Waals surface area contributed by atoms with E-state index in [0.717, 1.165) is 10.9 Å². The van der Waals surface area contributed by atoms with Crippen LogP contribution in [0.4, 0.5) is 0 Å². The fraction of sp³-hybridized carbons (Fsp3) is 0.267. The molecule has 1 aliphatic rings. The summed E-state index contributed by atoms with van der Waals surface area (Å²) in [6, 6.07) is 20.9. The van der Waals surface area contributed by atoms with Gasteiger partial charge in [0.25, 0.3) is 0 Å². The number of carbonyl (C=O) groups is 1. The Morgan fingerprint density at radius 3 is 2.77 bits per heavy atom. The molecule has 1 fully saturated rings. The Hall–Kier alpha value is -3.97. The van der Waals surface area contributed by atoms with Gasteiger partial charge in [0.1, 0.15) is 40.9 Å². The highest BCUT2D eigenvalue weighted by Gasteiger charge is 2.40. The summed E-state index contributed by atoms with van der Waals surface area (Å²) >= 11 is 5.28. The van der Waals surface area contributed by atoms with Crippen molar-refractivity contribution >= 4 is 47.9 Å². The zero-order valence-electron chi connectivity index (χ0n) is 23.6. The molecule has 0 radical (unpaired) electrons. The number of aromatic nitrogens is 4. The number of aromatic amines is 1. The van der Waals surface area contributed by atoms with Crippen LogP contribution in [0.3, 0.4) is 0 Å². The number of carbonyl (C=O) groups excluding carboxylic acids is 1. The Bertz CT molecular complexity index is 1880. The number of imidazole rings is 1. The molecule has 1 aliphatic heterocycles. The van der Waals surface area contributed by atoms with Gasteiger partial charge >= 0.3 is 13.7 Å². The van der Waals surface area contributed by atoms with Crippen molar-refractivity contribution in [3.8, 4) is 5.75 Å². The number of nitrogens with one attached hydrogen (secondary N) is 2. The number of fused-ring (bicyclic) bond motifs is 2. The van der Waals surface area contributed by atoms with Gasteiger partial charge in [-0.2, -0.15) is 5.09 Å². The van der Waals surface area contributed by atoms with Gasteiger partial charge in [0, 0.05) is 11.8 Å². The Morgan fingerprint density at radius 1 is 1.16 bits per heavy atom. The first kappa shape index (κ1) is 30.1. The molecule has 3 aromatic carbocycles. The number of aliphatic hydroxyl groups excluding tert-OH is 1. The Balaban J connectivity index is 1.19. The molecule has 6 rings (SSSR count). The number of nitrogens with zero attached hydrogens (tertiary/aromatic N) is 3. The van der Waals surface area contributed by atoms with Crippen molar-refractivity contribution in [2.75, 3.05) is 6.61 Å². The maximum Gasteiger partial charge on any atom is 0.459 e. The van der Waals surface area contributed by atoms with Crippen molar-refractivity contribution in [3.05, 3.63) is 95.7 Å². The second kappa shape index (κ2) is 12.9. The predicted octanol–water partition coefficient (Wildman–Crippen LogP) is 5.22. The summed E-state index contributed by atoms with van der Waals surface area (Å²) in [4.78, 5) is 24.3. The molecule has 2 aromatic heterocycles. The number of hydrogen-bond acceptors (Lipinski definition) is 10. The highest BCUT2D eigenvalue weighted by Crippen LogP contribution is 2.47. The molecule has 12 nitrogen and oxygen atoms in total. The number of ether oxygens (including phenoxy) is 2. The van der Waals surface area contributed by atoms with E-state index in [2.05, 4.69) is 20.0 Å². The molecule has 3 N–H and O–H groups in total. The first-order chi connectivity index (χ1) is 21.3. The first-order valence-corrected chi connectivity index (χ1v) is 15.9. The van der Waals surface area contributed by atoms with Gasteiger partial charge in [-0.3, -0.25) is 13.9 Å². The summed E-state index contributed by atoms with van der Waals surface area (Å²) in [5.41, 5.74) is 1.82. The smallest absolute Gasteiger partial charge is 0.459 e. The molecule has 1 unspecified atom stereocenters. The maximum atomic E-state index is 14.3. The Morgan fingerprint density at radius 2 is 1.93 bits per heavy atom. The fourth-order valence-corrected chi connectivity index (χ4v) is 6.64. The summed E-state index contributed by atoms with van der Waals surface area (Å²) in [7, 11) is -4.25. The van der Waals surface area contributed by atoms with Gasteiger partial charge in [0.05, 0.1) is 25.4 Å². The minimum atomic E-state index is -4.25. The van der Waals surface area contributed by atoms with E-state index in [-0.39, 0.29) is 19.6 Å². The lowest BCUT2D eigenvalue weighted by Crippen LogP contribution is -2.36. The topological polar surface area (TPSA) is 150 Å². The molecule has 228 valence electrons. The van der Waals surface area contributed by atoms with Gasteiger partial charge in [-0.15, -0.1) is 0 Å². The van der Waals surface area contributed by atoms with E-state index in [1.165, 1.54) is 13.3 Å². The average Bonchev–Trinajstić information content (AvgIpc) is 3.63. The molecule has 0 saturated carbocycles. The van der Waals surface area contributed by atoms with E-state index in [9.17, 15) is 14.5 Å². The largest absolute Gasteiger partial charge is 0.460 e. The second-order valence-electron chi connectivity index (χ2n) is 10.3. The summed E-state index contributed by atoms with van der Waals surface area (Å²) in [6.45, 7) is 1.25. The monoisotopic (exact) mass is 635 g/mol. The lowest BCUT2D eigenvalue weighted by Gasteiger charge is -2.25. The maximum absolute atomic E-state index is 14.3. The third-order valence-electron chi connectivity index (χ3n) is 7.19. The highest BCUT2D eigenvalue weighted by atomic mass is 32.1. The standard InChI is InChI=1S/C30H30N5O7PS/c1-19(30(37)39-15-20-8-3-2-4-9-20)34-43(38,42-24-13-7-11-21-10-5-6-12-22(21)24)40-16-25-23(36)14-26(41-25)35-18-33-27-28(35)31-17-32-29(27)44/h2-13,17-19,23,25-26,36H,14-16H2,1H3,(H,34,38)(H,31,32,44)/t19-,23+,25+,26+,43?/m0/s1. The van der Waals surface area contributed by atoms with Crippen LogP contribution in [0, 0.1) is 4.64 Å². The van der Waals surface area contributed by atoms with Crippen molar-refractivity contribution in [1.82, 2.24) is 24.6 Å². The third-order valence-corrected chi connectivity index (χ3v) is 9.13. The number of hydrogen-bond donors (Lipinski definition) is 3. The van der Waals surface area contributed by atoms with E-state index in [0.29, 0.717) is 26.9 Å². The van der Waals surface area contributed by atoms with Crippen molar-refractivity contribution in [3.63, 3.8) is 0 Å². The van der Waals surface area contributed by atoms with Crippen LogP contribution < -0.4 is 9.61 Å². The van der Waals surface area contributed by atoms with E-state index in [4.69, 9.17) is 30.7 Å². The highest BCUT2D eigenvalue weighted by molar-refractivity contribution is 7.71. The van der Waals surface area contributed by atoms with Gasteiger partial charge in [0.2, 0.25) is 0 Å². The Kier molecular flexibility index (Phi) is 8.85. The van der Waals surface area contributed by atoms with Crippen LogP contribution in [0.1, 0.15) is 25.1 Å². The van der Waals surface area contributed by atoms with Gasteiger partial charge in [0.15, 0.2) is 5.65 Å². The van der Waals surface area contributed by atoms with E-state index in [1.54, 1.807) is 23.0 Å². The summed E-state index contributed by atoms with van der Waals surface area (Å²) < 4.78 is 39.7. The number of esters is 1. The van der Waals surface area contributed by atoms with Gasteiger partial charge in [-0.05, 0) is 23.9 Å². The van der Waals surface area contributed by atoms with E-state index >= 15 is 0 Å². The van der Waals surface area contributed by atoms with Gasteiger partial charge < -0.3 is 24.1 Å². The Labute approximate surface area is 257 Å². The molecule has 0 bridgehead atoms. The number of benzene rings is 3. The minimum absolute atomic E-state index is 0.0489. The molecule has 0 spiro atoms. The molecule has 5 aromatic rings. The van der Waals surface area contributed by atoms with Crippen molar-refractivity contribution < 1.29 is 33.0 Å². The molecule has 44 heavy (non-hydrogen) atoms. The third kappa shape index (κ3) is 6.58. The molecular formula is C30H30N5O7PS. The molecule has 0 aliphatic carbocycles. The number of rotatable bonds is 11. The van der Waals surface area contributed by atoms with Crippen LogP contribution in [0.25, 0.3) is 21.9 Å². The van der Waals surface area contributed by atoms with Crippen molar-refractivity contribution in [1.29, 1.82) is 0 Å². The predicted molar refractivity (Wildman–Crippen MR) is 164 cm³/mol. The summed E-state index contributed by atoms with van der Waals surface area (Å²) in [6.07, 6.45) is 0.758. The van der Waals surface area contributed by atoms with E-state index in [1.807, 2.05) is 60.7 Å². The van der Waals surface area contributed by atoms with Crippen LogP contribution in [-0.2, 0) is 30.0 Å². The second-order valence-corrected chi connectivity index (χ2v) is 12.4. The van der Waals surface area contributed by atoms with Gasteiger partial charge in [-0.25, -0.2) is 14.5 Å². The first-order valence-electron chi connectivity index (χ1n) is 13.9. The minimum Gasteiger partial charge on any atom is -0.460 e. The quantitative estimate of drug-likeness (QED) is 0.0997.